The van der Waals surface area contributed by atoms with Gasteiger partial charge in [-0.1, -0.05) is 20.8 Å². The van der Waals surface area contributed by atoms with Gasteiger partial charge in [0.2, 0.25) is 0 Å². The van der Waals surface area contributed by atoms with Gasteiger partial charge in [0, 0.05) is 24.8 Å². The third kappa shape index (κ3) is 2.77. The van der Waals surface area contributed by atoms with E-state index in [1.807, 2.05) is 29.5 Å². The van der Waals surface area contributed by atoms with Gasteiger partial charge in [-0.15, -0.1) is 0 Å². The van der Waals surface area contributed by atoms with Gasteiger partial charge in [0.1, 0.15) is 0 Å². The molecule has 2 heterocycles. The molecule has 1 unspecified atom stereocenters. The molecule has 2 aromatic heterocycles. The Morgan fingerprint density at radius 3 is 2.55 bits per heavy atom. The molecule has 5 heteroatoms. The molecule has 0 saturated heterocycles. The summed E-state index contributed by atoms with van der Waals surface area (Å²) < 4.78 is 3.82. The van der Waals surface area contributed by atoms with Gasteiger partial charge in [0.25, 0.3) is 0 Å². The zero-order valence-corrected chi connectivity index (χ0v) is 13.1. The van der Waals surface area contributed by atoms with Crippen molar-refractivity contribution in [3.63, 3.8) is 0 Å². The normalized spacial score (nSPS) is 13.2. The van der Waals surface area contributed by atoms with E-state index >= 15 is 0 Å². The Labute approximate surface area is 120 Å². The fraction of sp³-hybridized carbons (Fsp3) is 0.600. The van der Waals surface area contributed by atoms with Gasteiger partial charge >= 0.3 is 0 Å². The standard InChI is InChI=1S/C15H25N5/c1-6-12(16)9-13-11(4)17-19(5)15(13)20-8-7-14(18-20)10(2)3/h7-8,10,12H,6,9,16H2,1-5H3. The molecular weight excluding hydrogens is 250 g/mol. The average Bonchev–Trinajstić information content (AvgIpc) is 2.95. The highest BCUT2D eigenvalue weighted by Crippen LogP contribution is 2.21. The first kappa shape index (κ1) is 14.8. The molecule has 2 N–H and O–H groups in total. The Hall–Kier alpha value is -1.62. The number of aryl methyl sites for hydroxylation is 2. The predicted molar refractivity (Wildman–Crippen MR) is 81.1 cm³/mol. The zero-order chi connectivity index (χ0) is 14.9. The summed E-state index contributed by atoms with van der Waals surface area (Å²) in [6.45, 7) is 8.44. The minimum absolute atomic E-state index is 0.164. The second-order valence-corrected chi connectivity index (χ2v) is 5.72. The van der Waals surface area contributed by atoms with Gasteiger partial charge < -0.3 is 5.73 Å². The third-order valence-corrected chi connectivity index (χ3v) is 3.72. The SMILES string of the molecule is CCC(N)Cc1c(C)nn(C)c1-n1ccc(C(C)C)n1. The molecule has 0 radical (unpaired) electrons. The molecule has 0 aliphatic carbocycles. The van der Waals surface area contributed by atoms with Gasteiger partial charge in [-0.2, -0.15) is 10.2 Å². The molecule has 0 bridgehead atoms. The summed E-state index contributed by atoms with van der Waals surface area (Å²) in [6.07, 6.45) is 3.80. The second-order valence-electron chi connectivity index (χ2n) is 5.72. The van der Waals surface area contributed by atoms with Gasteiger partial charge in [0.15, 0.2) is 5.82 Å². The smallest absolute Gasteiger partial charge is 0.155 e. The number of nitrogens with two attached hydrogens (primary N) is 1. The van der Waals surface area contributed by atoms with E-state index < -0.39 is 0 Å². The van der Waals surface area contributed by atoms with Crippen LogP contribution in [0.3, 0.4) is 0 Å². The summed E-state index contributed by atoms with van der Waals surface area (Å²) in [5.74, 6) is 1.45. The molecule has 0 amide bonds. The second kappa shape index (κ2) is 5.79. The first-order valence-corrected chi connectivity index (χ1v) is 7.28. The maximum absolute atomic E-state index is 6.12. The Bertz CT molecular complexity index is 579. The van der Waals surface area contributed by atoms with Crippen molar-refractivity contribution < 1.29 is 0 Å². The quantitative estimate of drug-likeness (QED) is 0.911. The monoisotopic (exact) mass is 275 g/mol. The van der Waals surface area contributed by atoms with Crippen LogP contribution in [0, 0.1) is 6.92 Å². The molecule has 20 heavy (non-hydrogen) atoms. The maximum Gasteiger partial charge on any atom is 0.155 e. The van der Waals surface area contributed by atoms with E-state index in [1.54, 1.807) is 0 Å². The van der Waals surface area contributed by atoms with Crippen LogP contribution in [0.4, 0.5) is 0 Å². The molecule has 2 aromatic rings. The summed E-state index contributed by atoms with van der Waals surface area (Å²) in [5.41, 5.74) is 9.44. The first-order valence-electron chi connectivity index (χ1n) is 7.28. The van der Waals surface area contributed by atoms with Crippen LogP contribution < -0.4 is 5.73 Å². The van der Waals surface area contributed by atoms with E-state index in [0.717, 1.165) is 30.0 Å². The lowest BCUT2D eigenvalue weighted by Crippen LogP contribution is -2.22. The summed E-state index contributed by atoms with van der Waals surface area (Å²) in [5, 5.41) is 9.19. The summed E-state index contributed by atoms with van der Waals surface area (Å²) in [7, 11) is 1.96. The Morgan fingerprint density at radius 1 is 1.30 bits per heavy atom. The summed E-state index contributed by atoms with van der Waals surface area (Å²) in [6, 6.07) is 2.23. The number of nitrogens with zero attached hydrogens (tertiary/aromatic N) is 4. The van der Waals surface area contributed by atoms with E-state index in [0.29, 0.717) is 5.92 Å². The lowest BCUT2D eigenvalue weighted by atomic mass is 10.0. The predicted octanol–water partition coefficient (Wildman–Crippen LogP) is 2.32. The van der Waals surface area contributed by atoms with E-state index in [4.69, 9.17) is 5.73 Å². The number of hydrogen-bond donors (Lipinski definition) is 1. The van der Waals surface area contributed by atoms with Crippen LogP contribution >= 0.6 is 0 Å². The molecule has 110 valence electrons. The van der Waals surface area contributed by atoms with Crippen LogP contribution in [-0.2, 0) is 13.5 Å². The van der Waals surface area contributed by atoms with Gasteiger partial charge in [0.05, 0.1) is 11.4 Å². The summed E-state index contributed by atoms with van der Waals surface area (Å²) >= 11 is 0. The molecule has 0 spiro atoms. The average molecular weight is 275 g/mol. The van der Waals surface area contributed by atoms with Crippen LogP contribution in [0.2, 0.25) is 0 Å². The minimum Gasteiger partial charge on any atom is -0.327 e. The molecule has 0 fully saturated rings. The largest absolute Gasteiger partial charge is 0.327 e. The van der Waals surface area contributed by atoms with Crippen molar-refractivity contribution in [2.75, 3.05) is 0 Å². The van der Waals surface area contributed by atoms with E-state index in [-0.39, 0.29) is 6.04 Å². The molecule has 0 aromatic carbocycles. The molecule has 5 nitrogen and oxygen atoms in total. The van der Waals surface area contributed by atoms with Gasteiger partial charge in [-0.3, -0.25) is 4.68 Å². The van der Waals surface area contributed by atoms with Crippen LogP contribution in [0.5, 0.6) is 0 Å². The van der Waals surface area contributed by atoms with Crippen LogP contribution in [0.1, 0.15) is 50.1 Å². The Morgan fingerprint density at radius 2 is 2.00 bits per heavy atom. The fourth-order valence-corrected chi connectivity index (χ4v) is 2.39. The highest BCUT2D eigenvalue weighted by Gasteiger charge is 2.18. The third-order valence-electron chi connectivity index (χ3n) is 3.72. The Kier molecular flexibility index (Phi) is 4.28. The topological polar surface area (TPSA) is 61.7 Å². The first-order chi connectivity index (χ1) is 9.43. The summed E-state index contributed by atoms with van der Waals surface area (Å²) in [4.78, 5) is 0. The number of aromatic nitrogens is 4. The van der Waals surface area contributed by atoms with E-state index in [2.05, 4.69) is 37.0 Å². The minimum atomic E-state index is 0.164. The fourth-order valence-electron chi connectivity index (χ4n) is 2.39. The van der Waals surface area contributed by atoms with Crippen molar-refractivity contribution in [1.82, 2.24) is 19.6 Å². The van der Waals surface area contributed by atoms with E-state index in [9.17, 15) is 0 Å². The van der Waals surface area contributed by atoms with Crippen molar-refractivity contribution in [2.45, 2.75) is 52.5 Å². The molecule has 0 aliphatic heterocycles. The zero-order valence-electron chi connectivity index (χ0n) is 13.1. The molecule has 2 rings (SSSR count). The van der Waals surface area contributed by atoms with Gasteiger partial charge in [-0.05, 0) is 31.7 Å². The molecule has 1 atom stereocenters. The Balaban J connectivity index is 2.43. The highest BCUT2D eigenvalue weighted by atomic mass is 15.4. The molecule has 0 aliphatic rings. The lowest BCUT2D eigenvalue weighted by molar-refractivity contribution is 0.634. The highest BCUT2D eigenvalue weighted by molar-refractivity contribution is 5.38. The van der Waals surface area contributed by atoms with Crippen molar-refractivity contribution >= 4 is 0 Å². The van der Waals surface area contributed by atoms with Crippen molar-refractivity contribution in [3.8, 4) is 5.82 Å². The number of rotatable bonds is 5. The lowest BCUT2D eigenvalue weighted by Gasteiger charge is -2.11. The van der Waals surface area contributed by atoms with Crippen molar-refractivity contribution in [1.29, 1.82) is 0 Å². The van der Waals surface area contributed by atoms with Crippen LogP contribution in [0.15, 0.2) is 12.3 Å². The van der Waals surface area contributed by atoms with Gasteiger partial charge in [-0.25, -0.2) is 4.68 Å². The van der Waals surface area contributed by atoms with Crippen LogP contribution in [0.25, 0.3) is 5.82 Å². The number of hydrogen-bond acceptors (Lipinski definition) is 3. The molecule has 0 saturated carbocycles. The maximum atomic E-state index is 6.12. The van der Waals surface area contributed by atoms with E-state index in [1.165, 1.54) is 5.56 Å². The molecular formula is C15H25N5. The van der Waals surface area contributed by atoms with Crippen molar-refractivity contribution in [3.05, 3.63) is 29.2 Å². The van der Waals surface area contributed by atoms with Crippen molar-refractivity contribution in [2.24, 2.45) is 12.8 Å². The van der Waals surface area contributed by atoms with Crippen LogP contribution in [-0.4, -0.2) is 25.6 Å².